The van der Waals surface area contributed by atoms with Crippen molar-refractivity contribution in [1.29, 1.82) is 0 Å². The third-order valence-corrected chi connectivity index (χ3v) is 14.4. The Bertz CT molecular complexity index is 3890. The molecule has 0 radical (unpaired) electrons. The van der Waals surface area contributed by atoms with Crippen LogP contribution in [-0.4, -0.2) is 0 Å². The maximum atomic E-state index is 2.47. The molecular weight excluding hydrogens is 795 g/mol. The Hall–Kier alpha value is -8.26. The Morgan fingerprint density at radius 2 is 0.818 bits per heavy atom. The highest BCUT2D eigenvalue weighted by atomic mass is 15.1. The van der Waals surface area contributed by atoms with Crippen molar-refractivity contribution in [3.05, 3.63) is 248 Å². The molecule has 0 spiro atoms. The third kappa shape index (κ3) is 5.94. The van der Waals surface area contributed by atoms with Gasteiger partial charge >= 0.3 is 0 Å². The summed E-state index contributed by atoms with van der Waals surface area (Å²) in [6.45, 7) is 4.76. The summed E-state index contributed by atoms with van der Waals surface area (Å²) >= 11 is 0. The van der Waals surface area contributed by atoms with Crippen LogP contribution in [-0.2, 0) is 5.41 Å². The van der Waals surface area contributed by atoms with E-state index in [1.165, 1.54) is 109 Å². The van der Waals surface area contributed by atoms with Gasteiger partial charge in [-0.2, -0.15) is 0 Å². The van der Waals surface area contributed by atoms with Gasteiger partial charge in [-0.05, 0) is 146 Å². The molecule has 12 aromatic carbocycles. The highest BCUT2D eigenvalue weighted by molar-refractivity contribution is 6.29. The molecule has 310 valence electrons. The topological polar surface area (TPSA) is 3.24 Å². The molecule has 1 heteroatoms. The van der Waals surface area contributed by atoms with Gasteiger partial charge < -0.3 is 4.90 Å². The fourth-order valence-corrected chi connectivity index (χ4v) is 11.2. The van der Waals surface area contributed by atoms with Gasteiger partial charge in [-0.15, -0.1) is 0 Å². The number of anilines is 3. The van der Waals surface area contributed by atoms with Crippen molar-refractivity contribution < 1.29 is 0 Å². The molecule has 0 atom stereocenters. The van der Waals surface area contributed by atoms with Gasteiger partial charge in [0.2, 0.25) is 0 Å². The molecule has 0 fully saturated rings. The van der Waals surface area contributed by atoms with E-state index >= 15 is 0 Å². The van der Waals surface area contributed by atoms with Crippen molar-refractivity contribution in [2.75, 3.05) is 4.90 Å². The van der Waals surface area contributed by atoms with Gasteiger partial charge in [0.05, 0.1) is 5.69 Å². The maximum absolute atomic E-state index is 2.47. The average molecular weight is 840 g/mol. The summed E-state index contributed by atoms with van der Waals surface area (Å²) in [5.74, 6) is 0. The largest absolute Gasteiger partial charge is 0.310 e. The maximum Gasteiger partial charge on any atom is 0.0540 e. The fraction of sp³-hybridized carbons (Fsp3) is 0.0462. The Labute approximate surface area is 385 Å². The van der Waals surface area contributed by atoms with Crippen LogP contribution in [0, 0.1) is 0 Å². The minimum atomic E-state index is -0.167. The van der Waals surface area contributed by atoms with Gasteiger partial charge in [0, 0.05) is 22.4 Å². The Morgan fingerprint density at radius 1 is 0.288 bits per heavy atom. The van der Waals surface area contributed by atoms with E-state index in [9.17, 15) is 0 Å². The molecule has 0 saturated carbocycles. The second-order valence-electron chi connectivity index (χ2n) is 18.4. The number of nitrogens with zero attached hydrogens (tertiary/aromatic N) is 1. The minimum absolute atomic E-state index is 0.167. The van der Waals surface area contributed by atoms with Crippen LogP contribution >= 0.6 is 0 Å². The molecule has 0 aliphatic heterocycles. The standard InChI is InChI=1S/C65H45N/c1-65(2)60-37-33-47(57-40-48-30-29-46-28-27-44-18-7-9-22-54(44)63(46)64(48)56-24-11-10-23-55(56)57)39-58(60)59-41-50(36-38-61(59)65)66(62-26-13-12-21-53(62)43-15-4-3-5-16-43)49-34-31-45(32-35-49)52-25-14-19-42-17-6-8-20-51(42)52/h3-41H,1-2H3. The molecule has 0 saturated heterocycles. The molecule has 12 aromatic rings. The number of benzene rings is 12. The number of fused-ring (bicyclic) bond motifs is 11. The molecule has 1 aliphatic carbocycles. The van der Waals surface area contributed by atoms with Crippen molar-refractivity contribution in [3.63, 3.8) is 0 Å². The SMILES string of the molecule is CC1(C)c2ccc(-c3cc4ccc5ccc6ccccc6c5c4c4ccccc34)cc2-c2cc(N(c3ccc(-c4cccc5ccccc45)cc3)c3ccccc3-c3ccccc3)ccc21. The van der Waals surface area contributed by atoms with Gasteiger partial charge in [-0.25, -0.2) is 0 Å². The third-order valence-electron chi connectivity index (χ3n) is 14.4. The number of hydrogen-bond acceptors (Lipinski definition) is 1. The lowest BCUT2D eigenvalue weighted by atomic mass is 9.82. The molecule has 13 rings (SSSR count). The van der Waals surface area contributed by atoms with Crippen LogP contribution in [0.2, 0.25) is 0 Å². The van der Waals surface area contributed by atoms with Gasteiger partial charge in [-0.1, -0.05) is 208 Å². The molecule has 1 aliphatic rings. The summed E-state index contributed by atoms with van der Waals surface area (Å²) in [5.41, 5.74) is 15.8. The zero-order valence-electron chi connectivity index (χ0n) is 37.0. The van der Waals surface area contributed by atoms with Gasteiger partial charge in [0.1, 0.15) is 0 Å². The van der Waals surface area contributed by atoms with Crippen molar-refractivity contribution in [2.45, 2.75) is 19.3 Å². The van der Waals surface area contributed by atoms with E-state index in [2.05, 4.69) is 255 Å². The minimum Gasteiger partial charge on any atom is -0.310 e. The van der Waals surface area contributed by atoms with Crippen LogP contribution in [0.3, 0.4) is 0 Å². The van der Waals surface area contributed by atoms with Gasteiger partial charge in [-0.3, -0.25) is 0 Å². The predicted molar refractivity (Wildman–Crippen MR) is 283 cm³/mol. The smallest absolute Gasteiger partial charge is 0.0540 e. The first kappa shape index (κ1) is 38.2. The van der Waals surface area contributed by atoms with Crippen LogP contribution in [0.4, 0.5) is 17.1 Å². The van der Waals surface area contributed by atoms with Crippen LogP contribution in [0.5, 0.6) is 0 Å². The van der Waals surface area contributed by atoms with E-state index in [1.807, 2.05) is 0 Å². The zero-order chi connectivity index (χ0) is 43.9. The highest BCUT2D eigenvalue weighted by Crippen LogP contribution is 2.53. The van der Waals surface area contributed by atoms with E-state index in [1.54, 1.807) is 0 Å². The summed E-state index contributed by atoms with van der Waals surface area (Å²) in [7, 11) is 0. The zero-order valence-corrected chi connectivity index (χ0v) is 37.0. The number of rotatable bonds is 6. The van der Waals surface area contributed by atoms with E-state index in [4.69, 9.17) is 0 Å². The molecule has 0 bridgehead atoms. The first-order valence-corrected chi connectivity index (χ1v) is 23.1. The van der Waals surface area contributed by atoms with Crippen LogP contribution in [0.25, 0.3) is 98.4 Å². The second-order valence-corrected chi connectivity index (χ2v) is 18.4. The summed E-state index contributed by atoms with van der Waals surface area (Å²) in [5, 5.41) is 12.8. The van der Waals surface area contributed by atoms with Crippen LogP contribution in [0.15, 0.2) is 237 Å². The Kier molecular flexibility index (Phi) is 8.63. The first-order valence-electron chi connectivity index (χ1n) is 23.1. The molecule has 1 nitrogen and oxygen atoms in total. The molecule has 0 aromatic heterocycles. The van der Waals surface area contributed by atoms with Crippen molar-refractivity contribution in [2.24, 2.45) is 0 Å². The van der Waals surface area contributed by atoms with Gasteiger partial charge in [0.15, 0.2) is 0 Å². The van der Waals surface area contributed by atoms with Gasteiger partial charge in [0.25, 0.3) is 0 Å². The fourth-order valence-electron chi connectivity index (χ4n) is 11.2. The molecule has 0 N–H and O–H groups in total. The lowest BCUT2D eigenvalue weighted by Crippen LogP contribution is -2.15. The summed E-state index contributed by atoms with van der Waals surface area (Å²) in [6.07, 6.45) is 0. The van der Waals surface area contributed by atoms with Crippen molar-refractivity contribution >= 4 is 70.9 Å². The summed E-state index contributed by atoms with van der Waals surface area (Å²) in [4.78, 5) is 2.45. The van der Waals surface area contributed by atoms with Crippen LogP contribution in [0.1, 0.15) is 25.0 Å². The molecule has 0 amide bonds. The Balaban J connectivity index is 0.986. The van der Waals surface area contributed by atoms with E-state index in [-0.39, 0.29) is 5.41 Å². The average Bonchev–Trinajstić information content (AvgIpc) is 3.60. The second kappa shape index (κ2) is 14.9. The summed E-state index contributed by atoms with van der Waals surface area (Å²) in [6, 6.07) is 87.8. The number of para-hydroxylation sites is 1. The lowest BCUT2D eigenvalue weighted by molar-refractivity contribution is 0.660. The molecular formula is C65H45N. The quantitative estimate of drug-likeness (QED) is 0.151. The highest BCUT2D eigenvalue weighted by Gasteiger charge is 2.36. The Morgan fingerprint density at radius 3 is 1.62 bits per heavy atom. The normalized spacial score (nSPS) is 12.8. The first-order chi connectivity index (χ1) is 32.5. The predicted octanol–water partition coefficient (Wildman–Crippen LogP) is 18.2. The number of hydrogen-bond donors (Lipinski definition) is 0. The van der Waals surface area contributed by atoms with Crippen molar-refractivity contribution in [1.82, 2.24) is 0 Å². The van der Waals surface area contributed by atoms with E-state index in [0.29, 0.717) is 0 Å². The van der Waals surface area contributed by atoms with Crippen LogP contribution < -0.4 is 4.90 Å². The monoisotopic (exact) mass is 839 g/mol. The van der Waals surface area contributed by atoms with E-state index in [0.717, 1.165) is 17.1 Å². The molecule has 0 heterocycles. The summed E-state index contributed by atoms with van der Waals surface area (Å²) < 4.78 is 0. The van der Waals surface area contributed by atoms with Crippen molar-refractivity contribution in [3.8, 4) is 44.5 Å². The lowest BCUT2D eigenvalue weighted by Gasteiger charge is -2.29. The molecule has 0 unspecified atom stereocenters. The van der Waals surface area contributed by atoms with E-state index < -0.39 is 0 Å². The molecule has 66 heavy (non-hydrogen) atoms.